The molecule has 3 rings (SSSR count). The normalized spacial score (nSPS) is 14.3. The van der Waals surface area contributed by atoms with Gasteiger partial charge in [0, 0.05) is 36.1 Å². The summed E-state index contributed by atoms with van der Waals surface area (Å²) in [6.07, 6.45) is 0. The second kappa shape index (κ2) is 10.9. The van der Waals surface area contributed by atoms with Crippen molar-refractivity contribution in [1.29, 1.82) is 0 Å². The van der Waals surface area contributed by atoms with Crippen LogP contribution in [0.2, 0.25) is 10.0 Å². The molecule has 0 radical (unpaired) electrons. The second-order valence-electron chi connectivity index (χ2n) is 6.99. The number of para-hydroxylation sites is 1. The number of hydrogen-bond acceptors (Lipinski definition) is 5. The van der Waals surface area contributed by atoms with Gasteiger partial charge in [-0.2, -0.15) is 0 Å². The number of halogens is 2. The third-order valence-electron chi connectivity index (χ3n) is 4.72. The Hall–Kier alpha value is -2.26. The molecule has 0 saturated carbocycles. The van der Waals surface area contributed by atoms with Crippen molar-refractivity contribution < 1.29 is 14.4 Å². The minimum Gasteiger partial charge on any atom is -0.369 e. The molecule has 0 aromatic heterocycles. The second-order valence-corrected chi connectivity index (χ2v) is 8.85. The van der Waals surface area contributed by atoms with Crippen molar-refractivity contribution in [3.05, 3.63) is 58.1 Å². The quantitative estimate of drug-likeness (QED) is 0.593. The molecule has 2 aromatic carbocycles. The highest BCUT2D eigenvalue weighted by Crippen LogP contribution is 2.27. The minimum absolute atomic E-state index is 0.139. The number of primary amides is 1. The Balaban J connectivity index is 1.51. The molecule has 0 spiro atoms. The molecule has 1 saturated heterocycles. The van der Waals surface area contributed by atoms with Crippen LogP contribution >= 0.6 is 35.0 Å². The van der Waals surface area contributed by atoms with Crippen molar-refractivity contribution in [2.45, 2.75) is 4.90 Å². The molecule has 31 heavy (non-hydrogen) atoms. The van der Waals surface area contributed by atoms with Crippen LogP contribution in [-0.2, 0) is 9.59 Å². The molecule has 0 atom stereocenters. The van der Waals surface area contributed by atoms with Crippen LogP contribution in [0.15, 0.2) is 47.4 Å². The van der Waals surface area contributed by atoms with Crippen LogP contribution in [0.5, 0.6) is 0 Å². The van der Waals surface area contributed by atoms with Crippen molar-refractivity contribution in [3.63, 3.8) is 0 Å². The first-order valence-electron chi connectivity index (χ1n) is 9.60. The van der Waals surface area contributed by atoms with Crippen LogP contribution in [0.1, 0.15) is 10.4 Å². The molecule has 1 aliphatic rings. The Labute approximate surface area is 194 Å². The Kier molecular flexibility index (Phi) is 8.20. The Morgan fingerprint density at radius 1 is 1.03 bits per heavy atom. The molecule has 3 N–H and O–H groups in total. The van der Waals surface area contributed by atoms with E-state index in [2.05, 4.69) is 5.32 Å². The molecule has 0 aliphatic carbocycles. The maximum atomic E-state index is 12.7. The molecule has 3 amide bonds. The maximum absolute atomic E-state index is 12.7. The average molecular weight is 481 g/mol. The summed E-state index contributed by atoms with van der Waals surface area (Å²) in [7, 11) is 0. The maximum Gasteiger partial charge on any atom is 0.255 e. The molecule has 164 valence electrons. The number of nitrogens with zero attached hydrogens (tertiary/aromatic N) is 2. The third-order valence-corrected chi connectivity index (χ3v) is 6.36. The SMILES string of the molecule is NC(=O)CSc1ccccc1NC(=O)CN1CCN(C(=O)c2ccc(Cl)cc2Cl)CC1. The number of anilines is 1. The molecule has 7 nitrogen and oxygen atoms in total. The van der Waals surface area contributed by atoms with E-state index in [-0.39, 0.29) is 24.1 Å². The van der Waals surface area contributed by atoms with E-state index in [1.807, 2.05) is 23.1 Å². The van der Waals surface area contributed by atoms with Gasteiger partial charge in [-0.25, -0.2) is 0 Å². The van der Waals surface area contributed by atoms with E-state index in [1.54, 1.807) is 29.2 Å². The Bertz CT molecular complexity index is 981. The fourth-order valence-corrected chi connectivity index (χ4v) is 4.42. The molecular weight excluding hydrogens is 459 g/mol. The fourth-order valence-electron chi connectivity index (χ4n) is 3.18. The first-order valence-corrected chi connectivity index (χ1v) is 11.3. The summed E-state index contributed by atoms with van der Waals surface area (Å²) in [5, 5.41) is 3.69. The monoisotopic (exact) mass is 480 g/mol. The van der Waals surface area contributed by atoms with Crippen molar-refractivity contribution >= 4 is 58.4 Å². The van der Waals surface area contributed by atoms with Crippen molar-refractivity contribution in [1.82, 2.24) is 9.80 Å². The molecule has 2 aromatic rings. The van der Waals surface area contributed by atoms with E-state index >= 15 is 0 Å². The molecule has 1 fully saturated rings. The highest BCUT2D eigenvalue weighted by atomic mass is 35.5. The van der Waals surface area contributed by atoms with Gasteiger partial charge in [-0.15, -0.1) is 11.8 Å². The lowest BCUT2D eigenvalue weighted by Crippen LogP contribution is -2.50. The summed E-state index contributed by atoms with van der Waals surface area (Å²) < 4.78 is 0. The van der Waals surface area contributed by atoms with Gasteiger partial charge in [-0.1, -0.05) is 35.3 Å². The van der Waals surface area contributed by atoms with E-state index in [1.165, 1.54) is 11.8 Å². The first-order chi connectivity index (χ1) is 14.8. The third kappa shape index (κ3) is 6.61. The number of carbonyl (C=O) groups excluding carboxylic acids is 3. The van der Waals surface area contributed by atoms with E-state index in [4.69, 9.17) is 28.9 Å². The zero-order valence-electron chi connectivity index (χ0n) is 16.6. The topological polar surface area (TPSA) is 95.7 Å². The van der Waals surface area contributed by atoms with Gasteiger partial charge in [0.05, 0.1) is 28.6 Å². The van der Waals surface area contributed by atoms with Gasteiger partial charge < -0.3 is 16.0 Å². The van der Waals surface area contributed by atoms with Crippen molar-refractivity contribution in [2.75, 3.05) is 43.8 Å². The van der Waals surface area contributed by atoms with Gasteiger partial charge in [0.1, 0.15) is 0 Å². The minimum atomic E-state index is -0.418. The van der Waals surface area contributed by atoms with Gasteiger partial charge in [0.2, 0.25) is 11.8 Å². The lowest BCUT2D eigenvalue weighted by molar-refractivity contribution is -0.117. The molecular formula is C21H22Cl2N4O3S. The summed E-state index contributed by atoms with van der Waals surface area (Å²) in [6.45, 7) is 2.34. The van der Waals surface area contributed by atoms with E-state index in [0.717, 1.165) is 4.90 Å². The zero-order valence-corrected chi connectivity index (χ0v) is 19.0. The van der Waals surface area contributed by atoms with Crippen LogP contribution in [0.4, 0.5) is 5.69 Å². The standard InChI is InChI=1S/C21H22Cl2N4O3S/c22-14-5-6-15(16(23)11-14)21(30)27-9-7-26(8-10-27)12-20(29)25-17-3-1-2-4-18(17)31-13-19(24)28/h1-6,11H,7-10,12-13H2,(H2,24,28)(H,25,29). The number of benzene rings is 2. The molecule has 10 heteroatoms. The van der Waals surface area contributed by atoms with Gasteiger partial charge in [0.15, 0.2) is 0 Å². The van der Waals surface area contributed by atoms with Crippen molar-refractivity contribution in [3.8, 4) is 0 Å². The van der Waals surface area contributed by atoms with Gasteiger partial charge in [0.25, 0.3) is 5.91 Å². The van der Waals surface area contributed by atoms with Crippen LogP contribution in [0.25, 0.3) is 0 Å². The predicted octanol–water partition coefficient (Wildman–Crippen LogP) is 2.97. The first kappa shape index (κ1) is 23.4. The number of amides is 3. The summed E-state index contributed by atoms with van der Waals surface area (Å²) in [5.74, 6) is -0.585. The van der Waals surface area contributed by atoms with Gasteiger partial charge in [-0.05, 0) is 30.3 Å². The summed E-state index contributed by atoms with van der Waals surface area (Å²) >= 11 is 13.3. The molecule has 1 aliphatic heterocycles. The van der Waals surface area contributed by atoms with Crippen LogP contribution < -0.4 is 11.1 Å². The molecule has 0 bridgehead atoms. The van der Waals surface area contributed by atoms with E-state index in [0.29, 0.717) is 47.5 Å². The van der Waals surface area contributed by atoms with E-state index < -0.39 is 5.91 Å². The smallest absolute Gasteiger partial charge is 0.255 e. The summed E-state index contributed by atoms with van der Waals surface area (Å²) in [6, 6.07) is 12.1. The Morgan fingerprint density at radius 3 is 2.42 bits per heavy atom. The van der Waals surface area contributed by atoms with Crippen LogP contribution in [0, 0.1) is 0 Å². The van der Waals surface area contributed by atoms with Crippen LogP contribution in [0.3, 0.4) is 0 Å². The van der Waals surface area contributed by atoms with Crippen LogP contribution in [-0.4, -0.2) is 66.0 Å². The van der Waals surface area contributed by atoms with Crippen molar-refractivity contribution in [2.24, 2.45) is 5.73 Å². The Morgan fingerprint density at radius 2 is 1.74 bits per heavy atom. The predicted molar refractivity (Wildman–Crippen MR) is 124 cm³/mol. The van der Waals surface area contributed by atoms with Gasteiger partial charge >= 0.3 is 0 Å². The van der Waals surface area contributed by atoms with E-state index in [9.17, 15) is 14.4 Å². The lowest BCUT2D eigenvalue weighted by Gasteiger charge is -2.34. The summed E-state index contributed by atoms with van der Waals surface area (Å²) in [5.41, 5.74) is 6.27. The number of nitrogens with two attached hydrogens (primary N) is 1. The highest BCUT2D eigenvalue weighted by molar-refractivity contribution is 8.00. The van der Waals surface area contributed by atoms with Gasteiger partial charge in [-0.3, -0.25) is 19.3 Å². The number of nitrogens with one attached hydrogen (secondary N) is 1. The summed E-state index contributed by atoms with van der Waals surface area (Å²) in [4.78, 5) is 40.8. The highest BCUT2D eigenvalue weighted by Gasteiger charge is 2.24. The zero-order chi connectivity index (χ0) is 22.4. The average Bonchev–Trinajstić information content (AvgIpc) is 2.73. The number of thioether (sulfide) groups is 1. The lowest BCUT2D eigenvalue weighted by atomic mass is 10.1. The molecule has 0 unspecified atom stereocenters. The number of hydrogen-bond donors (Lipinski definition) is 2. The number of rotatable bonds is 7. The molecule has 1 heterocycles. The largest absolute Gasteiger partial charge is 0.369 e. The number of piperazine rings is 1. The fraction of sp³-hybridized carbons (Fsp3) is 0.286. The number of carbonyl (C=O) groups is 3.